The number of carbonyl (C=O) groups is 2. The summed E-state index contributed by atoms with van der Waals surface area (Å²) in [6, 6.07) is 22.0. The number of Topliss-reactive ketones (excluding diaryl/α,β-unsaturated/α-hetero) is 2. The summed E-state index contributed by atoms with van der Waals surface area (Å²) in [4.78, 5) is 78.8. The Hall–Kier alpha value is -9.48. The number of aromatic nitrogens is 4. The maximum absolute atomic E-state index is 11.3. The summed E-state index contributed by atoms with van der Waals surface area (Å²) < 4.78 is 16.0. The average Bonchev–Trinajstić information content (AvgIpc) is 3.29. The van der Waals surface area contributed by atoms with E-state index < -0.39 is 19.7 Å². The van der Waals surface area contributed by atoms with E-state index in [0.29, 0.717) is 40.3 Å². The highest BCUT2D eigenvalue weighted by Gasteiger charge is 2.11. The standard InChI is InChI=1S/C12H11N3O3.C12H14N2O4.C9H9NO4.C6H8N2O.C6H5NO3/c1-8-12(7-13-9(2)14-8)18-11-5-3-10(4-6-11)15(16)17;1-9(15)12(8-13(2)3)18-11-6-4-10(5-7-11)14(16)17;1-7(11)6-14-9-4-2-8(3-5-9)10(12)13;1-4-6(9)3-7-5(2)8-4;8-6-3-1-5(2-4-6)7(9)10/h3-7H,1-2H3;4-8H,1-3H3;2-5H,6H2,1H3;3,9H,1-2H3;1-4,8H/b;12-8-;;;. The summed E-state index contributed by atoms with van der Waals surface area (Å²) in [5.41, 5.74) is 1.34. The van der Waals surface area contributed by atoms with Crippen molar-refractivity contribution in [2.75, 3.05) is 20.7 Å². The highest BCUT2D eigenvalue weighted by Crippen LogP contribution is 2.25. The van der Waals surface area contributed by atoms with Gasteiger partial charge in [-0.15, -0.1) is 0 Å². The minimum atomic E-state index is -0.514. The van der Waals surface area contributed by atoms with Crippen molar-refractivity contribution in [3.63, 3.8) is 0 Å². The van der Waals surface area contributed by atoms with E-state index in [9.17, 15) is 50.0 Å². The fourth-order valence-corrected chi connectivity index (χ4v) is 4.62. The third kappa shape index (κ3) is 21.4. The largest absolute Gasteiger partial charge is 0.508 e. The van der Waals surface area contributed by atoms with Crippen molar-refractivity contribution in [2.24, 2.45) is 0 Å². The van der Waals surface area contributed by atoms with Gasteiger partial charge >= 0.3 is 0 Å². The van der Waals surface area contributed by atoms with Gasteiger partial charge in [-0.05, 0) is 83.1 Å². The zero-order chi connectivity index (χ0) is 51.8. The number of aromatic hydroxyl groups is 2. The van der Waals surface area contributed by atoms with Gasteiger partial charge in [0.15, 0.2) is 28.8 Å². The van der Waals surface area contributed by atoms with Crippen LogP contribution in [0.1, 0.15) is 36.9 Å². The van der Waals surface area contributed by atoms with Crippen LogP contribution < -0.4 is 14.2 Å². The van der Waals surface area contributed by atoms with E-state index in [1.165, 1.54) is 117 Å². The number of phenols is 1. The second kappa shape index (κ2) is 27.8. The number of non-ortho nitro benzene ring substituents is 4. The number of hydrogen-bond acceptors (Lipinski definition) is 20. The van der Waals surface area contributed by atoms with Crippen LogP contribution in [0.5, 0.6) is 34.5 Å². The van der Waals surface area contributed by atoms with Crippen LogP contribution in [0.3, 0.4) is 0 Å². The van der Waals surface area contributed by atoms with Crippen LogP contribution in [0.4, 0.5) is 22.7 Å². The maximum Gasteiger partial charge on any atom is 0.269 e. The monoisotopic (exact) mass is 953 g/mol. The Labute approximate surface area is 393 Å². The highest BCUT2D eigenvalue weighted by atomic mass is 16.6. The fraction of sp³-hybridized carbons (Fsp3) is 0.200. The molecule has 0 atom stereocenters. The van der Waals surface area contributed by atoms with Gasteiger partial charge in [-0.2, -0.15) is 0 Å². The normalized spacial score (nSPS) is 10.0. The summed E-state index contributed by atoms with van der Waals surface area (Å²) in [5, 5.41) is 58.9. The van der Waals surface area contributed by atoms with Crippen LogP contribution in [0.25, 0.3) is 0 Å². The lowest BCUT2D eigenvalue weighted by Gasteiger charge is -2.10. The number of nitrogens with zero attached hydrogens (tertiary/aromatic N) is 9. The topological polar surface area (TPSA) is 330 Å². The quantitative estimate of drug-likeness (QED) is 0.0474. The number of hydrogen-bond donors (Lipinski definition) is 2. The van der Waals surface area contributed by atoms with Gasteiger partial charge in [0.2, 0.25) is 0 Å². The Morgan fingerprint density at radius 1 is 0.594 bits per heavy atom. The van der Waals surface area contributed by atoms with E-state index in [4.69, 9.17) is 24.4 Å². The lowest BCUT2D eigenvalue weighted by atomic mass is 10.3. The molecule has 4 aromatic carbocycles. The van der Waals surface area contributed by atoms with Gasteiger partial charge in [-0.3, -0.25) is 50.0 Å². The van der Waals surface area contributed by atoms with Crippen LogP contribution in [0.15, 0.2) is 121 Å². The molecule has 0 saturated heterocycles. The lowest BCUT2D eigenvalue weighted by Crippen LogP contribution is -2.11. The number of phenolic OH excluding ortho intramolecular Hbond substituents is 1. The van der Waals surface area contributed by atoms with Crippen LogP contribution in [0.2, 0.25) is 0 Å². The molecule has 0 aliphatic heterocycles. The highest BCUT2D eigenvalue weighted by molar-refractivity contribution is 5.91. The number of aryl methyl sites for hydroxylation is 4. The van der Waals surface area contributed by atoms with Crippen molar-refractivity contribution in [1.82, 2.24) is 24.8 Å². The van der Waals surface area contributed by atoms with Gasteiger partial charge in [0, 0.05) is 75.7 Å². The molecular weight excluding hydrogens is 907 g/mol. The van der Waals surface area contributed by atoms with Crippen LogP contribution in [-0.2, 0) is 9.59 Å². The third-order valence-corrected chi connectivity index (χ3v) is 7.95. The van der Waals surface area contributed by atoms with Gasteiger partial charge < -0.3 is 29.3 Å². The Balaban J connectivity index is 0.000000303. The molecule has 2 aromatic heterocycles. The second-order valence-electron chi connectivity index (χ2n) is 14.0. The van der Waals surface area contributed by atoms with Crippen LogP contribution in [-0.4, -0.2) is 87.0 Å². The summed E-state index contributed by atoms with van der Waals surface area (Å²) in [6.45, 7) is 9.92. The van der Waals surface area contributed by atoms with Gasteiger partial charge in [-0.25, -0.2) is 19.9 Å². The number of nitro groups is 4. The van der Waals surface area contributed by atoms with Crippen molar-refractivity contribution < 1.29 is 53.7 Å². The summed E-state index contributed by atoms with van der Waals surface area (Å²) in [7, 11) is 3.53. The van der Waals surface area contributed by atoms with E-state index in [1.807, 2.05) is 6.92 Å². The average molecular weight is 954 g/mol. The van der Waals surface area contributed by atoms with Gasteiger partial charge in [0.25, 0.3) is 22.7 Å². The number of ketones is 2. The molecule has 69 heavy (non-hydrogen) atoms. The van der Waals surface area contributed by atoms with E-state index >= 15 is 0 Å². The predicted molar refractivity (Wildman–Crippen MR) is 248 cm³/mol. The molecule has 0 aliphatic carbocycles. The molecule has 6 rings (SSSR count). The van der Waals surface area contributed by atoms with E-state index in [2.05, 4.69) is 19.9 Å². The first-order chi connectivity index (χ1) is 32.4. The number of allylic oxidation sites excluding steroid dienone is 1. The first-order valence-electron chi connectivity index (χ1n) is 19.8. The number of benzene rings is 4. The first-order valence-corrected chi connectivity index (χ1v) is 19.8. The van der Waals surface area contributed by atoms with Crippen molar-refractivity contribution in [3.8, 4) is 34.5 Å². The van der Waals surface area contributed by atoms with Gasteiger partial charge in [-0.1, -0.05) is 0 Å². The summed E-state index contributed by atoms with van der Waals surface area (Å²) in [6.07, 6.45) is 4.53. The molecular formula is C45H47N9O15. The number of carbonyl (C=O) groups excluding carboxylic acids is 2. The fourth-order valence-electron chi connectivity index (χ4n) is 4.62. The summed E-state index contributed by atoms with van der Waals surface area (Å²) in [5.74, 6) is 3.28. The molecule has 6 aromatic rings. The zero-order valence-corrected chi connectivity index (χ0v) is 38.4. The molecule has 0 spiro atoms. The molecule has 2 N–H and O–H groups in total. The third-order valence-electron chi connectivity index (χ3n) is 7.95. The van der Waals surface area contributed by atoms with Gasteiger partial charge in [0.05, 0.1) is 43.5 Å². The molecule has 0 bridgehead atoms. The minimum absolute atomic E-state index is 0.000162. The Kier molecular flexibility index (Phi) is 22.4. The van der Waals surface area contributed by atoms with Crippen LogP contribution in [0, 0.1) is 68.2 Å². The number of nitro benzene ring substituents is 4. The second-order valence-corrected chi connectivity index (χ2v) is 14.0. The molecule has 24 nitrogen and oxygen atoms in total. The smallest absolute Gasteiger partial charge is 0.269 e. The lowest BCUT2D eigenvalue weighted by molar-refractivity contribution is -0.385. The Morgan fingerprint density at radius 2 is 0.986 bits per heavy atom. The van der Waals surface area contributed by atoms with Gasteiger partial charge in [0.1, 0.15) is 41.3 Å². The molecule has 0 amide bonds. The van der Waals surface area contributed by atoms with Crippen molar-refractivity contribution >= 4 is 34.3 Å². The predicted octanol–water partition coefficient (Wildman–Crippen LogP) is 8.42. The van der Waals surface area contributed by atoms with E-state index in [1.54, 1.807) is 52.2 Å². The molecule has 0 aliphatic rings. The Bertz CT molecular complexity index is 2720. The van der Waals surface area contributed by atoms with Crippen molar-refractivity contribution in [1.29, 1.82) is 0 Å². The first kappa shape index (κ1) is 55.7. The molecule has 24 heteroatoms. The van der Waals surface area contributed by atoms with Crippen LogP contribution >= 0.6 is 0 Å². The molecule has 362 valence electrons. The van der Waals surface area contributed by atoms with Crippen molar-refractivity contribution in [3.05, 3.63) is 185 Å². The summed E-state index contributed by atoms with van der Waals surface area (Å²) >= 11 is 0. The molecule has 2 heterocycles. The molecule has 0 unspecified atom stereocenters. The van der Waals surface area contributed by atoms with E-state index in [-0.39, 0.29) is 58.2 Å². The molecule has 0 saturated carbocycles. The number of ether oxygens (including phenoxy) is 3. The van der Waals surface area contributed by atoms with Crippen molar-refractivity contribution in [2.45, 2.75) is 41.5 Å². The molecule has 0 radical (unpaired) electrons. The minimum Gasteiger partial charge on any atom is -0.508 e. The molecule has 0 fully saturated rings. The SMILES string of the molecule is CC(=O)/C(=C/N(C)C)Oc1ccc([N+](=O)[O-])cc1.CC(=O)COc1ccc([N+](=O)[O-])cc1.Cc1ncc(O)c(C)n1.Cc1ncc(Oc2ccc([N+](=O)[O-])cc2)c(C)n1.O=[N+]([O-])c1ccc(O)cc1. The Morgan fingerprint density at radius 3 is 1.35 bits per heavy atom. The zero-order valence-electron chi connectivity index (χ0n) is 38.4. The number of rotatable bonds is 13. The van der Waals surface area contributed by atoms with E-state index in [0.717, 1.165) is 5.69 Å². The maximum atomic E-state index is 11.3.